The quantitative estimate of drug-likeness (QED) is 0.797. The Morgan fingerprint density at radius 1 is 1.12 bits per heavy atom. The molecule has 16 heavy (non-hydrogen) atoms. The molecule has 0 amide bonds. The molecule has 0 spiro atoms. The summed E-state index contributed by atoms with van der Waals surface area (Å²) >= 11 is 0. The van der Waals surface area contributed by atoms with Crippen molar-refractivity contribution in [2.45, 2.75) is 6.92 Å². The van der Waals surface area contributed by atoms with Gasteiger partial charge in [-0.1, -0.05) is 36.4 Å². The van der Waals surface area contributed by atoms with E-state index >= 15 is 0 Å². The minimum absolute atomic E-state index is 0.406. The molecular formula is C13H12O3. The van der Waals surface area contributed by atoms with Gasteiger partial charge < -0.3 is 9.90 Å². The van der Waals surface area contributed by atoms with Gasteiger partial charge in [0.25, 0.3) is 0 Å². The van der Waals surface area contributed by atoms with Crippen LogP contribution in [0.1, 0.15) is 15.9 Å². The third-order valence-electron chi connectivity index (χ3n) is 2.35. The first-order chi connectivity index (χ1) is 7.70. The van der Waals surface area contributed by atoms with Crippen molar-refractivity contribution >= 4 is 23.5 Å². The van der Waals surface area contributed by atoms with Gasteiger partial charge in [-0.3, -0.25) is 0 Å². The van der Waals surface area contributed by atoms with E-state index < -0.39 is 5.97 Å². The third-order valence-corrected chi connectivity index (χ3v) is 2.35. The Bertz CT molecular complexity index is 518. The molecule has 0 aliphatic carbocycles. The van der Waals surface area contributed by atoms with Crippen LogP contribution in [0.25, 0.3) is 10.8 Å². The van der Waals surface area contributed by atoms with E-state index in [4.69, 9.17) is 9.90 Å². The van der Waals surface area contributed by atoms with Crippen LogP contribution >= 0.6 is 0 Å². The first-order valence-corrected chi connectivity index (χ1v) is 4.70. The summed E-state index contributed by atoms with van der Waals surface area (Å²) in [5, 5.41) is 10.8. The second-order valence-corrected chi connectivity index (χ2v) is 3.28. The maximum atomic E-state index is 11.0. The molecule has 0 aliphatic rings. The first-order valence-electron chi connectivity index (χ1n) is 4.70. The molecule has 0 aliphatic heterocycles. The molecule has 0 saturated heterocycles. The first kappa shape index (κ1) is 11.9. The van der Waals surface area contributed by atoms with E-state index in [1.165, 1.54) is 0 Å². The molecular weight excluding hydrogens is 204 g/mol. The molecule has 2 rings (SSSR count). The predicted octanol–water partition coefficient (Wildman–Crippen LogP) is 2.66. The van der Waals surface area contributed by atoms with Gasteiger partial charge >= 0.3 is 5.97 Å². The summed E-state index contributed by atoms with van der Waals surface area (Å²) in [7, 11) is 0. The molecule has 1 N–H and O–H groups in total. The van der Waals surface area contributed by atoms with Crippen LogP contribution in [-0.4, -0.2) is 17.9 Å². The normalized spacial score (nSPS) is 9.31. The van der Waals surface area contributed by atoms with E-state index in [0.29, 0.717) is 5.56 Å². The molecule has 0 aromatic heterocycles. The van der Waals surface area contributed by atoms with E-state index in [9.17, 15) is 4.79 Å². The Labute approximate surface area is 93.3 Å². The van der Waals surface area contributed by atoms with E-state index in [2.05, 4.69) is 0 Å². The fourth-order valence-electron chi connectivity index (χ4n) is 1.66. The molecule has 3 heteroatoms. The van der Waals surface area contributed by atoms with Crippen molar-refractivity contribution < 1.29 is 14.7 Å². The van der Waals surface area contributed by atoms with Crippen LogP contribution in [0.15, 0.2) is 36.4 Å². The smallest absolute Gasteiger partial charge is 0.336 e. The number of aromatic carboxylic acids is 1. The lowest BCUT2D eigenvalue weighted by molar-refractivity contribution is -0.0980. The largest absolute Gasteiger partial charge is 0.478 e. The average Bonchev–Trinajstić information content (AvgIpc) is 2.31. The highest BCUT2D eigenvalue weighted by molar-refractivity contribution is 6.04. The van der Waals surface area contributed by atoms with Crippen LogP contribution < -0.4 is 0 Å². The van der Waals surface area contributed by atoms with Gasteiger partial charge in [-0.2, -0.15) is 0 Å². The van der Waals surface area contributed by atoms with Crippen LogP contribution in [0.5, 0.6) is 0 Å². The third kappa shape index (κ3) is 2.08. The maximum Gasteiger partial charge on any atom is 0.336 e. The minimum Gasteiger partial charge on any atom is -0.478 e. The van der Waals surface area contributed by atoms with Crippen LogP contribution in [-0.2, 0) is 4.79 Å². The van der Waals surface area contributed by atoms with Crippen molar-refractivity contribution in [2.24, 2.45) is 0 Å². The predicted molar refractivity (Wildman–Crippen MR) is 62.8 cm³/mol. The number of carbonyl (C=O) groups is 2. The number of fused-ring (bicyclic) bond motifs is 1. The zero-order valence-corrected chi connectivity index (χ0v) is 8.93. The van der Waals surface area contributed by atoms with Crippen LogP contribution in [0.3, 0.4) is 0 Å². The zero-order chi connectivity index (χ0) is 12.1. The molecule has 82 valence electrons. The van der Waals surface area contributed by atoms with E-state index in [1.807, 2.05) is 50.1 Å². The molecule has 0 heterocycles. The van der Waals surface area contributed by atoms with Crippen molar-refractivity contribution in [1.29, 1.82) is 0 Å². The Morgan fingerprint density at radius 2 is 1.75 bits per heavy atom. The molecule has 0 atom stereocenters. The van der Waals surface area contributed by atoms with Gasteiger partial charge in [0, 0.05) is 0 Å². The number of aryl methyl sites for hydroxylation is 1. The molecule has 0 fully saturated rings. The van der Waals surface area contributed by atoms with E-state index in [-0.39, 0.29) is 0 Å². The van der Waals surface area contributed by atoms with Crippen LogP contribution in [0.2, 0.25) is 0 Å². The molecule has 2 aromatic carbocycles. The molecule has 0 radical (unpaired) electrons. The lowest BCUT2D eigenvalue weighted by atomic mass is 10.00. The summed E-state index contributed by atoms with van der Waals surface area (Å²) < 4.78 is 0. The number of hydrogen-bond donors (Lipinski definition) is 1. The number of carboxylic acid groups (broad SMARTS) is 1. The topological polar surface area (TPSA) is 54.4 Å². The monoisotopic (exact) mass is 216 g/mol. The Hall–Kier alpha value is -2.16. The van der Waals surface area contributed by atoms with Gasteiger partial charge in [-0.25, -0.2) is 4.79 Å². The highest BCUT2D eigenvalue weighted by Crippen LogP contribution is 2.21. The summed E-state index contributed by atoms with van der Waals surface area (Å²) in [5.74, 6) is -0.862. The highest BCUT2D eigenvalue weighted by Gasteiger charge is 2.10. The molecule has 0 bridgehead atoms. The average molecular weight is 216 g/mol. The summed E-state index contributed by atoms with van der Waals surface area (Å²) in [6, 6.07) is 11.3. The van der Waals surface area contributed by atoms with E-state index in [1.54, 1.807) is 0 Å². The minimum atomic E-state index is -0.862. The number of carbonyl (C=O) groups excluding carboxylic acids is 1. The number of rotatable bonds is 1. The van der Waals surface area contributed by atoms with Crippen molar-refractivity contribution in [3.8, 4) is 0 Å². The standard InChI is InChI=1S/C12H10O2.CH2O/c1-8-6-7-9-4-2-3-5-10(9)11(8)12(13)14;1-2/h2-7H,1H3,(H,13,14);1H2. The summed E-state index contributed by atoms with van der Waals surface area (Å²) in [5.41, 5.74) is 1.21. The summed E-state index contributed by atoms with van der Waals surface area (Å²) in [6.07, 6.45) is 0. The van der Waals surface area contributed by atoms with Gasteiger partial charge in [-0.15, -0.1) is 0 Å². The van der Waals surface area contributed by atoms with Crippen molar-refractivity contribution in [3.63, 3.8) is 0 Å². The van der Waals surface area contributed by atoms with Gasteiger partial charge in [0.1, 0.15) is 6.79 Å². The fraction of sp³-hybridized carbons (Fsp3) is 0.0769. The second kappa shape index (κ2) is 5.07. The fourth-order valence-corrected chi connectivity index (χ4v) is 1.66. The number of carboxylic acids is 1. The van der Waals surface area contributed by atoms with Crippen molar-refractivity contribution in [2.75, 3.05) is 0 Å². The molecule has 0 saturated carbocycles. The zero-order valence-electron chi connectivity index (χ0n) is 8.93. The molecule has 3 nitrogen and oxygen atoms in total. The van der Waals surface area contributed by atoms with Crippen LogP contribution in [0, 0.1) is 6.92 Å². The summed E-state index contributed by atoms with van der Waals surface area (Å²) in [4.78, 5) is 19.0. The van der Waals surface area contributed by atoms with Crippen molar-refractivity contribution in [1.82, 2.24) is 0 Å². The van der Waals surface area contributed by atoms with Crippen molar-refractivity contribution in [3.05, 3.63) is 47.5 Å². The lowest BCUT2D eigenvalue weighted by Crippen LogP contribution is -2.00. The van der Waals surface area contributed by atoms with Gasteiger partial charge in [0.15, 0.2) is 0 Å². The van der Waals surface area contributed by atoms with Gasteiger partial charge in [0.05, 0.1) is 5.56 Å². The molecule has 2 aromatic rings. The highest BCUT2D eigenvalue weighted by atomic mass is 16.4. The van der Waals surface area contributed by atoms with Gasteiger partial charge in [-0.05, 0) is 23.3 Å². The number of benzene rings is 2. The molecule has 0 unspecified atom stereocenters. The maximum absolute atomic E-state index is 11.0. The van der Waals surface area contributed by atoms with Crippen LogP contribution in [0.4, 0.5) is 0 Å². The summed E-state index contributed by atoms with van der Waals surface area (Å²) in [6.45, 7) is 3.82. The SMILES string of the molecule is C=O.Cc1ccc2ccccc2c1C(=O)O. The van der Waals surface area contributed by atoms with E-state index in [0.717, 1.165) is 16.3 Å². The van der Waals surface area contributed by atoms with Gasteiger partial charge in [0.2, 0.25) is 0 Å². The second-order valence-electron chi connectivity index (χ2n) is 3.28. The lowest BCUT2D eigenvalue weighted by Gasteiger charge is -2.05. The Morgan fingerprint density at radius 3 is 2.38 bits per heavy atom. The Balaban J connectivity index is 0.000000606. The number of hydrogen-bond acceptors (Lipinski definition) is 2. The Kier molecular flexibility index (Phi) is 3.78.